The Labute approximate surface area is 145 Å². The topological polar surface area (TPSA) is 35.5 Å². The number of hydrogen-bond acceptors (Lipinski definition) is 3. The molecule has 0 radical (unpaired) electrons. The fourth-order valence-electron chi connectivity index (χ4n) is 8.12. The van der Waals surface area contributed by atoms with Gasteiger partial charge in [0.25, 0.3) is 0 Å². The lowest BCUT2D eigenvalue weighted by atomic mass is 9.39. The Morgan fingerprint density at radius 3 is 2.71 bits per heavy atom. The van der Waals surface area contributed by atoms with Gasteiger partial charge in [-0.3, -0.25) is 4.79 Å². The smallest absolute Gasteiger partial charge is 0.312 e. The van der Waals surface area contributed by atoms with Crippen molar-refractivity contribution >= 4 is 5.97 Å². The number of esters is 1. The zero-order valence-electron chi connectivity index (χ0n) is 15.4. The number of fused-ring (bicyclic) bond motifs is 1. The van der Waals surface area contributed by atoms with Gasteiger partial charge < -0.3 is 9.47 Å². The molecule has 0 unspecified atom stereocenters. The fraction of sp³-hybridized carbons (Fsp3) is 0.857. The van der Waals surface area contributed by atoms with Crippen LogP contribution in [0.4, 0.5) is 0 Å². The standard InChI is InChI=1S/C21H30O3/c1-14-12-19(23-4)11-10-18(3)20(14,13-19)9-6-15-17(2)7-5-8-21(15,18)24-16(17)22/h15H,1,5-13H2,2-4H3/t15-,17-,18+,19-,20+,21+/m1/s1. The van der Waals surface area contributed by atoms with Gasteiger partial charge in [0.05, 0.1) is 11.0 Å². The van der Waals surface area contributed by atoms with Gasteiger partial charge in [0.2, 0.25) is 0 Å². The average Bonchev–Trinajstić information content (AvgIpc) is 2.86. The number of carbonyl (C=O) groups is 1. The van der Waals surface area contributed by atoms with Gasteiger partial charge in [-0.15, -0.1) is 0 Å². The lowest BCUT2D eigenvalue weighted by Crippen LogP contribution is -2.66. The van der Waals surface area contributed by atoms with Crippen LogP contribution in [-0.4, -0.2) is 24.3 Å². The number of rotatable bonds is 1. The molecule has 0 N–H and O–H groups in total. The van der Waals surface area contributed by atoms with Crippen molar-refractivity contribution < 1.29 is 14.3 Å². The number of carbonyl (C=O) groups excluding carboxylic acids is 1. The molecule has 1 spiro atoms. The molecule has 0 aromatic carbocycles. The first-order valence-electron chi connectivity index (χ1n) is 9.75. The second-order valence-corrected chi connectivity index (χ2v) is 9.90. The van der Waals surface area contributed by atoms with Crippen LogP contribution in [0.15, 0.2) is 12.2 Å². The molecular formula is C21H30O3. The molecule has 24 heavy (non-hydrogen) atoms. The number of methoxy groups -OCH3 is 1. The van der Waals surface area contributed by atoms with Gasteiger partial charge in [-0.25, -0.2) is 0 Å². The van der Waals surface area contributed by atoms with Crippen molar-refractivity contribution in [2.45, 2.75) is 82.8 Å². The van der Waals surface area contributed by atoms with E-state index in [0.29, 0.717) is 5.92 Å². The van der Waals surface area contributed by atoms with Crippen molar-refractivity contribution in [1.82, 2.24) is 0 Å². The predicted molar refractivity (Wildman–Crippen MR) is 91.4 cm³/mol. The summed E-state index contributed by atoms with van der Waals surface area (Å²) in [6, 6.07) is 0. The minimum atomic E-state index is -0.261. The Morgan fingerprint density at radius 1 is 1.17 bits per heavy atom. The van der Waals surface area contributed by atoms with Gasteiger partial charge in [-0.1, -0.05) is 19.1 Å². The second kappa shape index (κ2) is 4.11. The molecule has 132 valence electrons. The van der Waals surface area contributed by atoms with E-state index in [1.807, 2.05) is 7.11 Å². The minimum absolute atomic E-state index is 0.0132. The second-order valence-electron chi connectivity index (χ2n) is 9.90. The van der Waals surface area contributed by atoms with E-state index in [1.54, 1.807) is 0 Å². The SMILES string of the molecule is C=C1C[C@]2(OC)CC[C@@]3(C)[C@@]1(CC[C@@H]1[C@@]4(C)CCC[C@]13OC4=O)C2. The Hall–Kier alpha value is -0.830. The third kappa shape index (κ3) is 1.31. The third-order valence-corrected chi connectivity index (χ3v) is 9.52. The van der Waals surface area contributed by atoms with Crippen LogP contribution in [0.2, 0.25) is 0 Å². The van der Waals surface area contributed by atoms with Crippen LogP contribution in [0.25, 0.3) is 0 Å². The van der Waals surface area contributed by atoms with Gasteiger partial charge in [-0.2, -0.15) is 0 Å². The Bertz CT molecular complexity index is 655. The van der Waals surface area contributed by atoms with E-state index >= 15 is 0 Å². The van der Waals surface area contributed by atoms with Crippen LogP contribution in [0, 0.1) is 22.2 Å². The van der Waals surface area contributed by atoms with Gasteiger partial charge in [0, 0.05) is 23.9 Å². The van der Waals surface area contributed by atoms with Crippen LogP contribution in [-0.2, 0) is 14.3 Å². The van der Waals surface area contributed by atoms with Crippen molar-refractivity contribution in [3.63, 3.8) is 0 Å². The summed E-state index contributed by atoms with van der Waals surface area (Å²) in [4.78, 5) is 12.9. The van der Waals surface area contributed by atoms with Gasteiger partial charge >= 0.3 is 5.97 Å². The van der Waals surface area contributed by atoms with E-state index in [4.69, 9.17) is 9.47 Å². The molecule has 4 aliphatic carbocycles. The highest BCUT2D eigenvalue weighted by molar-refractivity contribution is 5.81. The summed E-state index contributed by atoms with van der Waals surface area (Å²) in [7, 11) is 1.87. The zero-order valence-corrected chi connectivity index (χ0v) is 15.4. The van der Waals surface area contributed by atoms with Crippen LogP contribution in [0.5, 0.6) is 0 Å². The molecule has 5 fully saturated rings. The van der Waals surface area contributed by atoms with Gasteiger partial charge in [0.1, 0.15) is 5.60 Å². The van der Waals surface area contributed by atoms with Crippen molar-refractivity contribution in [1.29, 1.82) is 0 Å². The molecule has 6 atom stereocenters. The molecule has 5 aliphatic rings. The average molecular weight is 330 g/mol. The highest BCUT2D eigenvalue weighted by Crippen LogP contribution is 2.78. The normalized spacial score (nSPS) is 58.2. The lowest BCUT2D eigenvalue weighted by Gasteiger charge is -2.65. The minimum Gasteiger partial charge on any atom is -0.458 e. The van der Waals surface area contributed by atoms with E-state index in [0.717, 1.165) is 57.8 Å². The number of hydrogen-bond donors (Lipinski definition) is 0. The summed E-state index contributed by atoms with van der Waals surface area (Å²) in [6.07, 6.45) is 9.67. The molecule has 5 rings (SSSR count). The summed E-state index contributed by atoms with van der Waals surface area (Å²) in [5.41, 5.74) is 0.960. The summed E-state index contributed by atoms with van der Waals surface area (Å²) in [5.74, 6) is 0.473. The van der Waals surface area contributed by atoms with Crippen molar-refractivity contribution in [3.05, 3.63) is 12.2 Å². The third-order valence-electron chi connectivity index (χ3n) is 9.52. The van der Waals surface area contributed by atoms with E-state index in [1.165, 1.54) is 5.57 Å². The molecule has 0 aromatic rings. The molecule has 3 nitrogen and oxygen atoms in total. The number of ether oxygens (including phenoxy) is 2. The maximum Gasteiger partial charge on any atom is 0.312 e. The summed E-state index contributed by atoms with van der Waals surface area (Å²) in [5, 5.41) is 0. The molecule has 3 heteroatoms. The van der Waals surface area contributed by atoms with Crippen LogP contribution in [0.1, 0.15) is 71.6 Å². The maximum atomic E-state index is 12.9. The van der Waals surface area contributed by atoms with Crippen LogP contribution < -0.4 is 0 Å². The van der Waals surface area contributed by atoms with E-state index < -0.39 is 0 Å². The highest BCUT2D eigenvalue weighted by atomic mass is 16.6. The molecule has 0 amide bonds. The van der Waals surface area contributed by atoms with Crippen molar-refractivity contribution in [2.75, 3.05) is 7.11 Å². The highest BCUT2D eigenvalue weighted by Gasteiger charge is 2.79. The predicted octanol–water partition coefficient (Wildman–Crippen LogP) is 4.40. The summed E-state index contributed by atoms with van der Waals surface area (Å²) in [6.45, 7) is 9.15. The van der Waals surface area contributed by atoms with Crippen molar-refractivity contribution in [3.8, 4) is 0 Å². The summed E-state index contributed by atoms with van der Waals surface area (Å²) >= 11 is 0. The largest absolute Gasteiger partial charge is 0.458 e. The van der Waals surface area contributed by atoms with E-state index in [-0.39, 0.29) is 33.4 Å². The molecule has 1 aliphatic heterocycles. The van der Waals surface area contributed by atoms with Crippen LogP contribution >= 0.6 is 0 Å². The molecule has 1 saturated heterocycles. The fourth-order valence-corrected chi connectivity index (χ4v) is 8.12. The summed E-state index contributed by atoms with van der Waals surface area (Å²) < 4.78 is 12.4. The molecule has 4 bridgehead atoms. The first-order chi connectivity index (χ1) is 11.3. The van der Waals surface area contributed by atoms with Gasteiger partial charge in [-0.05, 0) is 64.7 Å². The van der Waals surface area contributed by atoms with E-state index in [2.05, 4.69) is 20.4 Å². The molecule has 0 aromatic heterocycles. The Morgan fingerprint density at radius 2 is 1.96 bits per heavy atom. The first kappa shape index (κ1) is 15.4. The molecule has 1 heterocycles. The Balaban J connectivity index is 1.69. The maximum absolute atomic E-state index is 12.9. The van der Waals surface area contributed by atoms with E-state index in [9.17, 15) is 4.79 Å². The zero-order chi connectivity index (χ0) is 17.0. The van der Waals surface area contributed by atoms with Gasteiger partial charge in [0.15, 0.2) is 0 Å². The van der Waals surface area contributed by atoms with Crippen molar-refractivity contribution in [2.24, 2.45) is 22.2 Å². The molecule has 4 saturated carbocycles. The Kier molecular flexibility index (Phi) is 2.64. The van der Waals surface area contributed by atoms with Crippen LogP contribution in [0.3, 0.4) is 0 Å². The lowest BCUT2D eigenvalue weighted by molar-refractivity contribution is -0.228. The first-order valence-corrected chi connectivity index (χ1v) is 9.75. The quantitative estimate of drug-likeness (QED) is 0.528. The molecular weight excluding hydrogens is 300 g/mol. The monoisotopic (exact) mass is 330 g/mol.